The molecule has 0 radical (unpaired) electrons. The van der Waals surface area contributed by atoms with Crippen LogP contribution in [0.1, 0.15) is 83.3 Å². The van der Waals surface area contributed by atoms with Gasteiger partial charge in [0.25, 0.3) is 0 Å². The molecule has 0 aliphatic carbocycles. The molecule has 5 atom stereocenters. The summed E-state index contributed by atoms with van der Waals surface area (Å²) in [6.07, 6.45) is 5.70. The summed E-state index contributed by atoms with van der Waals surface area (Å²) in [5.41, 5.74) is 1.92. The number of allylic oxidation sites excluding steroid dienone is 1. The van der Waals surface area contributed by atoms with Crippen LogP contribution >= 0.6 is 0 Å². The molecule has 2 aromatic rings. The molecule has 1 saturated heterocycles. The molecule has 0 bridgehead atoms. The Bertz CT molecular complexity index is 1070. The molecular formula is C37H56O7Sn. The van der Waals surface area contributed by atoms with Crippen LogP contribution in [0.3, 0.4) is 0 Å². The SMILES string of the molecule is CCC[CH2][Sn](/[CH]=C/CCC(=O)O[C@H]1O[C@H](OC)[C@H](OCc2ccccc2)[C@@H](OCc2ccccc2)[C@@H]1O)([CH2]CCC)[CH2]CCC. The third-order valence-electron chi connectivity index (χ3n) is 8.60. The second-order valence-electron chi connectivity index (χ2n) is 12.2. The molecule has 1 heterocycles. The Balaban J connectivity index is 1.66. The summed E-state index contributed by atoms with van der Waals surface area (Å²) >= 11 is -2.41. The van der Waals surface area contributed by atoms with Crippen molar-refractivity contribution in [2.45, 2.75) is 130 Å². The Morgan fingerprint density at radius 2 is 1.31 bits per heavy atom. The first kappa shape index (κ1) is 37.7. The number of benzene rings is 2. The summed E-state index contributed by atoms with van der Waals surface area (Å²) in [7, 11) is 1.51. The van der Waals surface area contributed by atoms with E-state index in [0.717, 1.165) is 11.1 Å². The predicted octanol–water partition coefficient (Wildman–Crippen LogP) is 8.11. The van der Waals surface area contributed by atoms with E-state index in [1.807, 2.05) is 60.7 Å². The Morgan fingerprint density at radius 1 is 0.800 bits per heavy atom. The molecule has 8 heteroatoms. The molecule has 45 heavy (non-hydrogen) atoms. The van der Waals surface area contributed by atoms with Gasteiger partial charge in [0.05, 0.1) is 0 Å². The summed E-state index contributed by atoms with van der Waals surface area (Å²) in [5, 5.41) is 11.4. The Labute approximate surface area is 275 Å². The van der Waals surface area contributed by atoms with Crippen molar-refractivity contribution in [1.29, 1.82) is 0 Å². The molecule has 1 aliphatic heterocycles. The maximum atomic E-state index is 13.0. The topological polar surface area (TPSA) is 83.5 Å². The molecule has 0 amide bonds. The average Bonchev–Trinajstić information content (AvgIpc) is 3.07. The maximum absolute atomic E-state index is 13.0. The minimum atomic E-state index is -2.41. The van der Waals surface area contributed by atoms with Crippen molar-refractivity contribution in [3.05, 3.63) is 82.0 Å². The standard InChI is InChI=1S/C25H29O7.3C4H9.Sn/c1-3-4-15-20(26)31-24-21(27)22(29-16-18-11-7-5-8-12-18)23(25(28-2)32-24)30-17-19-13-9-6-10-14-19;3*1-3-4-2;/h1,3,5-14,21-25,27H,4,15-17H2,2H3;3*1,3-4H2,2H3;/t21-,22-,23+,24-,25-;;;;/m0..../s1. The van der Waals surface area contributed by atoms with Crippen LogP contribution in [-0.2, 0) is 41.7 Å². The van der Waals surface area contributed by atoms with E-state index in [-0.39, 0.29) is 19.6 Å². The third kappa shape index (κ3) is 12.8. The number of aliphatic hydroxyl groups is 1. The molecule has 3 rings (SSSR count). The van der Waals surface area contributed by atoms with E-state index in [9.17, 15) is 9.90 Å². The normalized spacial score (nSPS) is 22.1. The van der Waals surface area contributed by atoms with Gasteiger partial charge in [-0.2, -0.15) is 0 Å². The number of methoxy groups -OCH3 is 1. The number of ether oxygens (including phenoxy) is 5. The van der Waals surface area contributed by atoms with Gasteiger partial charge in [-0.15, -0.1) is 0 Å². The van der Waals surface area contributed by atoms with Gasteiger partial charge in [0, 0.05) is 0 Å². The van der Waals surface area contributed by atoms with Gasteiger partial charge < -0.3 is 0 Å². The quantitative estimate of drug-likeness (QED) is 0.103. The second-order valence-corrected chi connectivity index (χ2v) is 25.2. The number of hydrogen-bond donors (Lipinski definition) is 1. The van der Waals surface area contributed by atoms with Crippen LogP contribution in [0.15, 0.2) is 70.8 Å². The fourth-order valence-corrected chi connectivity index (χ4v) is 20.4. The summed E-state index contributed by atoms with van der Waals surface area (Å²) in [4.78, 5) is 13.0. The van der Waals surface area contributed by atoms with Crippen LogP contribution in [0.5, 0.6) is 0 Å². The van der Waals surface area contributed by atoms with E-state index in [1.165, 1.54) is 58.9 Å². The number of hydrogen-bond acceptors (Lipinski definition) is 7. The van der Waals surface area contributed by atoms with Crippen molar-refractivity contribution < 1.29 is 33.6 Å². The zero-order valence-corrected chi connectivity index (χ0v) is 30.8. The van der Waals surface area contributed by atoms with Gasteiger partial charge in [-0.25, -0.2) is 0 Å². The number of aliphatic hydroxyl groups excluding tert-OH is 1. The number of carbonyl (C=O) groups is 1. The van der Waals surface area contributed by atoms with Crippen LogP contribution in [0.2, 0.25) is 13.3 Å². The number of rotatable bonds is 21. The average molecular weight is 732 g/mol. The van der Waals surface area contributed by atoms with Gasteiger partial charge >= 0.3 is 210 Å². The molecule has 0 aromatic heterocycles. The number of esters is 1. The summed E-state index contributed by atoms with van der Waals surface area (Å²) in [5.74, 6) is -0.416. The van der Waals surface area contributed by atoms with E-state index in [2.05, 4.69) is 30.9 Å². The number of unbranched alkanes of at least 4 members (excludes halogenated alkanes) is 3. The van der Waals surface area contributed by atoms with Gasteiger partial charge in [0.2, 0.25) is 0 Å². The Hall–Kier alpha value is -1.75. The molecule has 0 spiro atoms. The van der Waals surface area contributed by atoms with Gasteiger partial charge in [0.1, 0.15) is 0 Å². The van der Waals surface area contributed by atoms with E-state index in [1.54, 1.807) is 0 Å². The molecule has 1 aliphatic rings. The van der Waals surface area contributed by atoms with Crippen molar-refractivity contribution in [2.24, 2.45) is 0 Å². The zero-order chi connectivity index (χ0) is 32.3. The second kappa shape index (κ2) is 21.2. The van der Waals surface area contributed by atoms with Crippen molar-refractivity contribution >= 4 is 24.3 Å². The van der Waals surface area contributed by atoms with Crippen LogP contribution in [0.4, 0.5) is 0 Å². The van der Waals surface area contributed by atoms with Crippen molar-refractivity contribution in [2.75, 3.05) is 7.11 Å². The van der Waals surface area contributed by atoms with Crippen molar-refractivity contribution in [3.63, 3.8) is 0 Å². The molecule has 2 aromatic carbocycles. The van der Waals surface area contributed by atoms with Crippen molar-refractivity contribution in [1.82, 2.24) is 0 Å². The molecular weight excluding hydrogens is 675 g/mol. The first-order valence-electron chi connectivity index (χ1n) is 17.0. The van der Waals surface area contributed by atoms with Gasteiger partial charge in [0.15, 0.2) is 0 Å². The van der Waals surface area contributed by atoms with Crippen LogP contribution in [0, 0.1) is 0 Å². The van der Waals surface area contributed by atoms with Gasteiger partial charge in [-0.1, -0.05) is 60.7 Å². The third-order valence-corrected chi connectivity index (χ3v) is 22.8. The van der Waals surface area contributed by atoms with E-state index < -0.39 is 55.2 Å². The predicted molar refractivity (Wildman–Crippen MR) is 181 cm³/mol. The zero-order valence-electron chi connectivity index (χ0n) is 27.9. The van der Waals surface area contributed by atoms with Crippen molar-refractivity contribution in [3.8, 4) is 0 Å². The molecule has 1 N–H and O–H groups in total. The number of carbonyl (C=O) groups excluding carboxylic acids is 1. The van der Waals surface area contributed by atoms with Gasteiger partial charge in [-0.3, -0.25) is 0 Å². The summed E-state index contributed by atoms with van der Waals surface area (Å²) in [6.45, 7) is 7.37. The van der Waals surface area contributed by atoms with Gasteiger partial charge in [-0.05, 0) is 5.56 Å². The van der Waals surface area contributed by atoms with Crippen LogP contribution in [0.25, 0.3) is 0 Å². The molecule has 250 valence electrons. The Kier molecular flexibility index (Phi) is 17.8. The van der Waals surface area contributed by atoms with Crippen LogP contribution < -0.4 is 0 Å². The minimum absolute atomic E-state index is 0.224. The molecule has 0 unspecified atom stereocenters. The summed E-state index contributed by atoms with van der Waals surface area (Å²) < 4.78 is 36.5. The Morgan fingerprint density at radius 3 is 1.80 bits per heavy atom. The molecule has 7 nitrogen and oxygen atoms in total. The fourth-order valence-electron chi connectivity index (χ4n) is 5.92. The van der Waals surface area contributed by atoms with E-state index in [4.69, 9.17) is 23.7 Å². The monoisotopic (exact) mass is 732 g/mol. The first-order valence-corrected chi connectivity index (χ1v) is 24.7. The van der Waals surface area contributed by atoms with Crippen LogP contribution in [-0.4, -0.2) is 67.5 Å². The molecule has 1 fully saturated rings. The van der Waals surface area contributed by atoms with E-state index >= 15 is 0 Å². The summed E-state index contributed by atoms with van der Waals surface area (Å²) in [6, 6.07) is 19.5. The fraction of sp³-hybridized carbons (Fsp3) is 0.595. The first-order chi connectivity index (χ1) is 21.9. The molecule has 0 saturated carbocycles. The van der Waals surface area contributed by atoms with E-state index in [0.29, 0.717) is 6.42 Å².